The van der Waals surface area contributed by atoms with Crippen LogP contribution in [0.4, 0.5) is 11.4 Å². The second-order valence-corrected chi connectivity index (χ2v) is 13.1. The van der Waals surface area contributed by atoms with Crippen molar-refractivity contribution in [3.63, 3.8) is 0 Å². The summed E-state index contributed by atoms with van der Waals surface area (Å²) in [5.41, 5.74) is 2.82. The summed E-state index contributed by atoms with van der Waals surface area (Å²) in [6.45, 7) is 3.55. The van der Waals surface area contributed by atoms with E-state index >= 15 is 0 Å². The van der Waals surface area contributed by atoms with Crippen molar-refractivity contribution in [2.24, 2.45) is 5.92 Å². The number of nitrogens with zero attached hydrogens (tertiary/aromatic N) is 2. The third-order valence-electron chi connectivity index (χ3n) is 8.06. The number of carbonyl (C=O) groups is 4. The molecule has 0 aliphatic carbocycles. The molecule has 0 saturated carbocycles. The molecule has 3 amide bonds. The number of thioether (sulfide) groups is 1. The van der Waals surface area contributed by atoms with Crippen molar-refractivity contribution in [1.82, 2.24) is 4.57 Å². The number of anilines is 2. The number of carbonyl (C=O) groups excluding carboxylic acids is 4. The van der Waals surface area contributed by atoms with Gasteiger partial charge in [-0.15, -0.1) is 0 Å². The molecule has 0 bridgehead atoms. The number of fused-ring (bicyclic) bond motifs is 2. The van der Waals surface area contributed by atoms with E-state index in [0.717, 1.165) is 33.6 Å². The highest BCUT2D eigenvalue weighted by Crippen LogP contribution is 2.54. The molecule has 11 nitrogen and oxygen atoms in total. The molecule has 47 heavy (non-hydrogen) atoms. The topological polar surface area (TPSA) is 133 Å². The smallest absolute Gasteiger partial charge is 0.338 e. The minimum atomic E-state index is -0.891. The summed E-state index contributed by atoms with van der Waals surface area (Å²) in [5.74, 6) is -2.47. The van der Waals surface area contributed by atoms with Gasteiger partial charge in [0, 0.05) is 16.5 Å². The summed E-state index contributed by atoms with van der Waals surface area (Å²) in [4.78, 5) is 68.5. The van der Waals surface area contributed by atoms with Crippen molar-refractivity contribution < 1.29 is 33.4 Å². The molecule has 13 heteroatoms. The second kappa shape index (κ2) is 13.1. The quantitative estimate of drug-likeness (QED) is 0.196. The molecule has 1 N–H and O–H groups in total. The van der Waals surface area contributed by atoms with Gasteiger partial charge in [-0.2, -0.15) is 0 Å². The zero-order valence-electron chi connectivity index (χ0n) is 26.0. The largest absolute Gasteiger partial charge is 0.493 e. The molecule has 3 atom stereocenters. The fourth-order valence-electron chi connectivity index (χ4n) is 5.94. The zero-order valence-corrected chi connectivity index (χ0v) is 27.6. The van der Waals surface area contributed by atoms with Crippen molar-refractivity contribution >= 4 is 58.2 Å². The molecular weight excluding hydrogens is 643 g/mol. The average Bonchev–Trinajstić information content (AvgIpc) is 3.50. The lowest BCUT2D eigenvalue weighted by Crippen LogP contribution is -2.33. The summed E-state index contributed by atoms with van der Waals surface area (Å²) in [7, 11) is 3.01. The van der Waals surface area contributed by atoms with Gasteiger partial charge in [0.05, 0.1) is 43.0 Å². The van der Waals surface area contributed by atoms with E-state index < -0.39 is 40.8 Å². The first kappa shape index (κ1) is 32.1. The van der Waals surface area contributed by atoms with Crippen LogP contribution in [-0.2, 0) is 25.7 Å². The van der Waals surface area contributed by atoms with Gasteiger partial charge in [0.25, 0.3) is 0 Å². The van der Waals surface area contributed by atoms with Crippen molar-refractivity contribution in [2.75, 3.05) is 31.0 Å². The van der Waals surface area contributed by atoms with E-state index in [9.17, 15) is 24.0 Å². The Labute approximate surface area is 278 Å². The molecule has 1 fully saturated rings. The van der Waals surface area contributed by atoms with E-state index in [0.29, 0.717) is 43.9 Å². The molecule has 4 aromatic rings. The highest BCUT2D eigenvalue weighted by molar-refractivity contribution is 8.00. The van der Waals surface area contributed by atoms with Crippen molar-refractivity contribution in [2.45, 2.75) is 36.6 Å². The maximum absolute atomic E-state index is 14.2. The summed E-state index contributed by atoms with van der Waals surface area (Å²) in [5, 5.41) is 2.41. The van der Waals surface area contributed by atoms with Gasteiger partial charge < -0.3 is 19.5 Å². The van der Waals surface area contributed by atoms with Crippen LogP contribution in [0, 0.1) is 12.8 Å². The number of aromatic nitrogens is 1. The number of amides is 3. The Bertz CT molecular complexity index is 1950. The van der Waals surface area contributed by atoms with E-state index in [4.69, 9.17) is 14.2 Å². The lowest BCUT2D eigenvalue weighted by molar-refractivity contribution is -0.122. The SMILES string of the molecule is CCOC(=O)c1ccc(N2C(=O)C3Sc4c(sc(=O)n4CC(=O)Nc4cccc(C)c4)[C@H](c4ccc(OC)c(OC)c4)C3C2=O)cc1. The van der Waals surface area contributed by atoms with Gasteiger partial charge in [0.15, 0.2) is 11.5 Å². The number of ether oxygens (including phenoxy) is 3. The van der Waals surface area contributed by atoms with Crippen molar-refractivity contribution in [3.05, 3.63) is 98.0 Å². The number of rotatable bonds is 9. The number of benzene rings is 3. The number of hydrogen-bond acceptors (Lipinski definition) is 10. The van der Waals surface area contributed by atoms with Crippen LogP contribution in [0.5, 0.6) is 11.5 Å². The van der Waals surface area contributed by atoms with Gasteiger partial charge in [0.1, 0.15) is 11.8 Å². The summed E-state index contributed by atoms with van der Waals surface area (Å²) >= 11 is 2.07. The molecule has 1 saturated heterocycles. The van der Waals surface area contributed by atoms with Gasteiger partial charge in [-0.25, -0.2) is 9.69 Å². The Morgan fingerprint density at radius 1 is 0.915 bits per heavy atom. The molecule has 242 valence electrons. The first-order valence-electron chi connectivity index (χ1n) is 14.8. The molecule has 2 unspecified atom stereocenters. The molecule has 3 aromatic carbocycles. The number of imide groups is 1. The molecule has 1 aromatic heterocycles. The number of thiazole rings is 1. The molecule has 2 aliphatic rings. The van der Waals surface area contributed by atoms with Gasteiger partial charge in [-0.3, -0.25) is 23.7 Å². The number of nitrogens with one attached hydrogen (secondary N) is 1. The number of methoxy groups -OCH3 is 2. The van der Waals surface area contributed by atoms with E-state index in [1.165, 1.54) is 43.1 Å². The Kier molecular flexibility index (Phi) is 8.93. The van der Waals surface area contributed by atoms with Crippen molar-refractivity contribution in [3.8, 4) is 11.5 Å². The minimum Gasteiger partial charge on any atom is -0.493 e. The second-order valence-electron chi connectivity index (χ2n) is 11.0. The maximum atomic E-state index is 14.2. The third-order valence-corrected chi connectivity index (χ3v) is 10.7. The van der Waals surface area contributed by atoms with E-state index in [2.05, 4.69) is 5.32 Å². The van der Waals surface area contributed by atoms with E-state index in [1.54, 1.807) is 31.2 Å². The van der Waals surface area contributed by atoms with Gasteiger partial charge in [-0.05, 0) is 73.5 Å². The Morgan fingerprint density at radius 2 is 1.66 bits per heavy atom. The number of hydrogen-bond donors (Lipinski definition) is 1. The first-order chi connectivity index (χ1) is 22.6. The first-order valence-corrected chi connectivity index (χ1v) is 16.5. The molecular formula is C34H31N3O8S2. The molecule has 3 heterocycles. The fourth-order valence-corrected chi connectivity index (χ4v) is 8.72. The Hall–Kier alpha value is -4.88. The van der Waals surface area contributed by atoms with Crippen LogP contribution >= 0.6 is 23.1 Å². The van der Waals surface area contributed by atoms with E-state index in [-0.39, 0.29) is 18.0 Å². The van der Waals surface area contributed by atoms with Crippen LogP contribution in [-0.4, -0.2) is 54.3 Å². The van der Waals surface area contributed by atoms with Crippen LogP contribution in [0.15, 0.2) is 76.6 Å². The highest BCUT2D eigenvalue weighted by atomic mass is 32.2. The highest BCUT2D eigenvalue weighted by Gasteiger charge is 2.57. The molecule has 0 spiro atoms. The predicted molar refractivity (Wildman–Crippen MR) is 178 cm³/mol. The monoisotopic (exact) mass is 673 g/mol. The summed E-state index contributed by atoms with van der Waals surface area (Å²) in [6, 6.07) is 18.7. The fraction of sp³-hybridized carbons (Fsp3) is 0.265. The Morgan fingerprint density at radius 3 is 2.34 bits per heavy atom. The lowest BCUT2D eigenvalue weighted by atomic mass is 9.83. The minimum absolute atomic E-state index is 0.213. The van der Waals surface area contributed by atoms with Crippen LogP contribution in [0.25, 0.3) is 0 Å². The number of aryl methyl sites for hydroxylation is 1. The van der Waals surface area contributed by atoms with Gasteiger partial charge in [-0.1, -0.05) is 41.3 Å². The summed E-state index contributed by atoms with van der Waals surface area (Å²) < 4.78 is 17.4. The number of esters is 1. The van der Waals surface area contributed by atoms with E-state index in [1.807, 2.05) is 25.1 Å². The molecule has 6 rings (SSSR count). The summed E-state index contributed by atoms with van der Waals surface area (Å²) in [6.07, 6.45) is 0. The van der Waals surface area contributed by atoms with Crippen LogP contribution in [0.1, 0.15) is 39.2 Å². The lowest BCUT2D eigenvalue weighted by Gasteiger charge is -2.31. The third kappa shape index (κ3) is 5.92. The molecule has 2 aliphatic heterocycles. The normalized spacial score (nSPS) is 18.4. The Balaban J connectivity index is 1.41. The maximum Gasteiger partial charge on any atom is 0.338 e. The van der Waals surface area contributed by atoms with Crippen LogP contribution < -0.4 is 24.6 Å². The van der Waals surface area contributed by atoms with Crippen LogP contribution in [0.3, 0.4) is 0 Å². The standard InChI is InChI=1S/C34H31N3O8S2/c1-5-45-33(41)19-9-12-22(13-10-19)37-30(39)27-26(20-11-14-23(43-3)24(16-20)44-4)29-32(46-28(27)31(37)40)36(34(42)47-29)17-25(38)35-21-8-6-7-18(2)15-21/h6-16,26-28H,5,17H2,1-4H3,(H,35,38)/t26-,27?,28?/m1/s1. The van der Waals surface area contributed by atoms with Gasteiger partial charge >= 0.3 is 10.8 Å². The van der Waals surface area contributed by atoms with Gasteiger partial charge in [0.2, 0.25) is 17.7 Å². The van der Waals surface area contributed by atoms with Crippen LogP contribution in [0.2, 0.25) is 0 Å². The van der Waals surface area contributed by atoms with Crippen molar-refractivity contribution in [1.29, 1.82) is 0 Å². The molecule has 0 radical (unpaired) electrons. The predicted octanol–water partition coefficient (Wildman–Crippen LogP) is 4.85. The zero-order chi connectivity index (χ0) is 33.4. The average molecular weight is 674 g/mol.